The second kappa shape index (κ2) is 7.51. The SMILES string of the molecule is COC(=O)N1CCCN(C(=O)CCN2C(=O)NC3(CCCC3)C2=O)CC1. The smallest absolute Gasteiger partial charge is 0.409 e. The predicted octanol–water partition coefficient (Wildman–Crippen LogP) is 0.542. The maximum atomic E-state index is 12.6. The number of hydrogen-bond donors (Lipinski definition) is 1. The van der Waals surface area contributed by atoms with Gasteiger partial charge in [-0.2, -0.15) is 0 Å². The zero-order valence-electron chi connectivity index (χ0n) is 15.2. The normalized spacial score (nSPS) is 22.6. The first-order chi connectivity index (χ1) is 12.5. The maximum absolute atomic E-state index is 12.6. The molecule has 9 heteroatoms. The van der Waals surface area contributed by atoms with Crippen molar-refractivity contribution in [1.82, 2.24) is 20.0 Å². The van der Waals surface area contributed by atoms with Crippen LogP contribution in [-0.4, -0.2) is 84.0 Å². The monoisotopic (exact) mass is 366 g/mol. The minimum absolute atomic E-state index is 0.0997. The van der Waals surface area contributed by atoms with E-state index in [-0.39, 0.29) is 30.9 Å². The summed E-state index contributed by atoms with van der Waals surface area (Å²) in [6.07, 6.45) is 3.61. The Morgan fingerprint density at radius 2 is 1.69 bits per heavy atom. The van der Waals surface area contributed by atoms with E-state index in [1.165, 1.54) is 12.0 Å². The largest absolute Gasteiger partial charge is 0.453 e. The van der Waals surface area contributed by atoms with Crippen LogP contribution in [0, 0.1) is 0 Å². The van der Waals surface area contributed by atoms with Gasteiger partial charge in [-0.25, -0.2) is 9.59 Å². The zero-order chi connectivity index (χ0) is 18.7. The molecule has 2 heterocycles. The first-order valence-corrected chi connectivity index (χ1v) is 9.22. The molecule has 1 aliphatic carbocycles. The van der Waals surface area contributed by atoms with Gasteiger partial charge < -0.3 is 19.9 Å². The van der Waals surface area contributed by atoms with Gasteiger partial charge in [0.2, 0.25) is 5.91 Å². The number of methoxy groups -OCH3 is 1. The lowest BCUT2D eigenvalue weighted by Crippen LogP contribution is -2.44. The number of nitrogens with zero attached hydrogens (tertiary/aromatic N) is 3. The van der Waals surface area contributed by atoms with Crippen molar-refractivity contribution in [3.8, 4) is 0 Å². The molecular weight excluding hydrogens is 340 g/mol. The summed E-state index contributed by atoms with van der Waals surface area (Å²) in [4.78, 5) is 53.3. The minimum Gasteiger partial charge on any atom is -0.453 e. The highest BCUT2D eigenvalue weighted by atomic mass is 16.5. The topological polar surface area (TPSA) is 99.3 Å². The molecular formula is C17H26N4O5. The van der Waals surface area contributed by atoms with Gasteiger partial charge in [0.25, 0.3) is 5.91 Å². The van der Waals surface area contributed by atoms with Gasteiger partial charge in [0.15, 0.2) is 0 Å². The molecule has 0 unspecified atom stereocenters. The lowest BCUT2D eigenvalue weighted by molar-refractivity contribution is -0.133. The standard InChI is InChI=1S/C17H26N4O5/c1-26-16(25)20-9-4-8-19(11-12-20)13(22)5-10-21-14(23)17(18-15(21)24)6-2-3-7-17/h2-12H2,1H3,(H,18,24). The van der Waals surface area contributed by atoms with Crippen molar-refractivity contribution in [2.45, 2.75) is 44.1 Å². The Morgan fingerprint density at radius 1 is 1.04 bits per heavy atom. The summed E-state index contributed by atoms with van der Waals surface area (Å²) in [7, 11) is 1.34. The molecule has 3 rings (SSSR count). The van der Waals surface area contributed by atoms with Crippen molar-refractivity contribution in [1.29, 1.82) is 0 Å². The lowest BCUT2D eigenvalue weighted by Gasteiger charge is -2.23. The summed E-state index contributed by atoms with van der Waals surface area (Å²) in [5.41, 5.74) is -0.732. The fourth-order valence-electron chi connectivity index (χ4n) is 4.04. The summed E-state index contributed by atoms with van der Waals surface area (Å²) in [5, 5.41) is 2.82. The van der Waals surface area contributed by atoms with Crippen LogP contribution in [-0.2, 0) is 14.3 Å². The second-order valence-electron chi connectivity index (χ2n) is 7.12. The average Bonchev–Trinajstić information content (AvgIpc) is 3.08. The van der Waals surface area contributed by atoms with Crippen LogP contribution in [0.4, 0.5) is 9.59 Å². The van der Waals surface area contributed by atoms with Crippen molar-refractivity contribution in [2.75, 3.05) is 39.8 Å². The number of urea groups is 1. The van der Waals surface area contributed by atoms with Crippen LogP contribution in [0.3, 0.4) is 0 Å². The van der Waals surface area contributed by atoms with E-state index in [1.54, 1.807) is 9.80 Å². The van der Waals surface area contributed by atoms with Gasteiger partial charge in [0.1, 0.15) is 5.54 Å². The molecule has 0 aromatic carbocycles. The fourth-order valence-corrected chi connectivity index (χ4v) is 4.04. The van der Waals surface area contributed by atoms with Crippen molar-refractivity contribution < 1.29 is 23.9 Å². The van der Waals surface area contributed by atoms with Gasteiger partial charge in [-0.3, -0.25) is 14.5 Å². The third-order valence-electron chi connectivity index (χ3n) is 5.53. The first-order valence-electron chi connectivity index (χ1n) is 9.22. The number of rotatable bonds is 3. The third-order valence-corrected chi connectivity index (χ3v) is 5.53. The molecule has 0 bridgehead atoms. The van der Waals surface area contributed by atoms with E-state index in [0.717, 1.165) is 12.8 Å². The Labute approximate surface area is 152 Å². The van der Waals surface area contributed by atoms with E-state index >= 15 is 0 Å². The van der Waals surface area contributed by atoms with Crippen molar-refractivity contribution in [3.63, 3.8) is 0 Å². The molecule has 2 saturated heterocycles. The Morgan fingerprint density at radius 3 is 2.38 bits per heavy atom. The van der Waals surface area contributed by atoms with E-state index in [9.17, 15) is 19.2 Å². The highest BCUT2D eigenvalue weighted by Crippen LogP contribution is 2.35. The molecule has 0 aromatic rings. The highest BCUT2D eigenvalue weighted by molar-refractivity contribution is 6.07. The van der Waals surface area contributed by atoms with Gasteiger partial charge in [-0.15, -0.1) is 0 Å². The molecule has 0 aromatic heterocycles. The second-order valence-corrected chi connectivity index (χ2v) is 7.12. The Bertz CT molecular complexity index is 602. The maximum Gasteiger partial charge on any atom is 0.409 e. The van der Waals surface area contributed by atoms with Crippen LogP contribution < -0.4 is 5.32 Å². The van der Waals surface area contributed by atoms with Gasteiger partial charge >= 0.3 is 12.1 Å². The molecule has 5 amide bonds. The Hall–Kier alpha value is -2.32. The first kappa shape index (κ1) is 18.5. The molecule has 3 fully saturated rings. The molecule has 144 valence electrons. The number of ether oxygens (including phenoxy) is 1. The number of amides is 5. The zero-order valence-corrected chi connectivity index (χ0v) is 15.2. The number of imide groups is 1. The van der Waals surface area contributed by atoms with Crippen LogP contribution in [0.25, 0.3) is 0 Å². The molecule has 26 heavy (non-hydrogen) atoms. The van der Waals surface area contributed by atoms with Crippen LogP contribution in [0.5, 0.6) is 0 Å². The minimum atomic E-state index is -0.732. The van der Waals surface area contributed by atoms with Crippen LogP contribution >= 0.6 is 0 Å². The summed E-state index contributed by atoms with van der Waals surface area (Å²) < 4.78 is 4.72. The molecule has 0 radical (unpaired) electrons. The average molecular weight is 366 g/mol. The summed E-state index contributed by atoms with van der Waals surface area (Å²) >= 11 is 0. The van der Waals surface area contributed by atoms with Crippen LogP contribution in [0.1, 0.15) is 38.5 Å². The number of nitrogens with one attached hydrogen (secondary N) is 1. The molecule has 9 nitrogen and oxygen atoms in total. The molecule has 1 N–H and O–H groups in total. The Balaban J connectivity index is 1.52. The summed E-state index contributed by atoms with van der Waals surface area (Å²) in [5.74, 6) is -0.301. The van der Waals surface area contributed by atoms with E-state index in [4.69, 9.17) is 4.74 Å². The molecule has 0 atom stereocenters. The Kier molecular flexibility index (Phi) is 5.33. The van der Waals surface area contributed by atoms with E-state index in [0.29, 0.717) is 45.4 Å². The number of carbonyl (C=O) groups excluding carboxylic acids is 4. The van der Waals surface area contributed by atoms with Crippen LogP contribution in [0.2, 0.25) is 0 Å². The van der Waals surface area contributed by atoms with Gasteiger partial charge in [-0.1, -0.05) is 12.8 Å². The van der Waals surface area contributed by atoms with Gasteiger partial charge in [-0.05, 0) is 19.3 Å². The van der Waals surface area contributed by atoms with E-state index in [1.807, 2.05) is 0 Å². The van der Waals surface area contributed by atoms with E-state index < -0.39 is 11.6 Å². The molecule has 1 saturated carbocycles. The summed E-state index contributed by atoms with van der Waals surface area (Å²) in [6.45, 7) is 2.05. The quantitative estimate of drug-likeness (QED) is 0.735. The predicted molar refractivity (Wildman–Crippen MR) is 91.2 cm³/mol. The number of hydrogen-bond acceptors (Lipinski definition) is 5. The van der Waals surface area contributed by atoms with Crippen LogP contribution in [0.15, 0.2) is 0 Å². The third kappa shape index (κ3) is 3.47. The highest BCUT2D eigenvalue weighted by Gasteiger charge is 2.52. The van der Waals surface area contributed by atoms with Gasteiger partial charge in [0, 0.05) is 39.1 Å². The number of carbonyl (C=O) groups is 4. The summed E-state index contributed by atoms with van der Waals surface area (Å²) in [6, 6.07) is -0.391. The molecule has 2 aliphatic heterocycles. The van der Waals surface area contributed by atoms with Crippen molar-refractivity contribution in [2.24, 2.45) is 0 Å². The molecule has 1 spiro atoms. The van der Waals surface area contributed by atoms with Gasteiger partial charge in [0.05, 0.1) is 7.11 Å². The van der Waals surface area contributed by atoms with E-state index in [2.05, 4.69) is 5.32 Å². The fraction of sp³-hybridized carbons (Fsp3) is 0.765. The lowest BCUT2D eigenvalue weighted by atomic mass is 9.98. The van der Waals surface area contributed by atoms with Crippen molar-refractivity contribution in [3.05, 3.63) is 0 Å². The molecule has 3 aliphatic rings. The van der Waals surface area contributed by atoms with Crippen molar-refractivity contribution >= 4 is 23.9 Å².